The molecule has 0 aromatic heterocycles. The van der Waals surface area contributed by atoms with Crippen LogP contribution in [0.3, 0.4) is 0 Å². The zero-order valence-electron chi connectivity index (χ0n) is 16.5. The smallest absolute Gasteiger partial charge is 0.285 e. The van der Waals surface area contributed by atoms with Crippen molar-refractivity contribution >= 4 is 33.1 Å². The summed E-state index contributed by atoms with van der Waals surface area (Å²) in [7, 11) is 0.273. The van der Waals surface area contributed by atoms with Gasteiger partial charge in [0, 0.05) is 44.1 Å². The van der Waals surface area contributed by atoms with Crippen molar-refractivity contribution in [2.24, 2.45) is 10.3 Å². The fourth-order valence-corrected chi connectivity index (χ4v) is 5.01. The molecule has 1 saturated heterocycles. The maximum atomic E-state index is 12.8. The number of benzene rings is 2. The standard InChI is InChI=1S/C21H24N4O3S/c1-24(2)17-11-9-16(10-12-17)22-21(26)15-6-5-13-25(14-15)20-18-7-3-4-8-19(18)29(27,28)23-20/h3-4,7-12,15H,5-6,13-14H2,1-2H3,(H,22,26). The summed E-state index contributed by atoms with van der Waals surface area (Å²) < 4.78 is 28.7. The van der Waals surface area contributed by atoms with Gasteiger partial charge in [0.25, 0.3) is 10.0 Å². The van der Waals surface area contributed by atoms with E-state index in [2.05, 4.69) is 9.71 Å². The maximum Gasteiger partial charge on any atom is 0.285 e. The average molecular weight is 413 g/mol. The number of amides is 1. The number of sulfonamides is 1. The van der Waals surface area contributed by atoms with Crippen LogP contribution in [0.1, 0.15) is 18.4 Å². The lowest BCUT2D eigenvalue weighted by Crippen LogP contribution is -2.43. The van der Waals surface area contributed by atoms with Crippen molar-refractivity contribution in [3.05, 3.63) is 54.1 Å². The van der Waals surface area contributed by atoms with E-state index < -0.39 is 10.0 Å². The van der Waals surface area contributed by atoms with Crippen LogP contribution in [-0.4, -0.2) is 52.2 Å². The Kier molecular flexibility index (Phi) is 5.04. The lowest BCUT2D eigenvalue weighted by atomic mass is 9.96. The van der Waals surface area contributed by atoms with Crippen molar-refractivity contribution in [1.29, 1.82) is 0 Å². The molecule has 1 amide bonds. The minimum Gasteiger partial charge on any atom is -0.378 e. The van der Waals surface area contributed by atoms with E-state index in [-0.39, 0.29) is 16.7 Å². The summed E-state index contributed by atoms with van der Waals surface area (Å²) in [5.74, 6) is 0.172. The van der Waals surface area contributed by atoms with Crippen LogP contribution in [0.4, 0.5) is 11.4 Å². The average Bonchev–Trinajstić information content (AvgIpc) is 3.00. The number of hydrogen-bond acceptors (Lipinski definition) is 5. The molecule has 2 aromatic rings. The molecule has 1 N–H and O–H groups in total. The third-order valence-electron chi connectivity index (χ3n) is 5.36. The van der Waals surface area contributed by atoms with Gasteiger partial charge in [0.15, 0.2) is 5.84 Å². The number of fused-ring (bicyclic) bond motifs is 1. The molecule has 1 unspecified atom stereocenters. The number of anilines is 2. The molecule has 152 valence electrons. The molecular formula is C21H24N4O3S. The van der Waals surface area contributed by atoms with Crippen LogP contribution in [0.15, 0.2) is 57.8 Å². The Morgan fingerprint density at radius 1 is 1.14 bits per heavy atom. The van der Waals surface area contributed by atoms with Gasteiger partial charge in [-0.15, -0.1) is 4.40 Å². The SMILES string of the molecule is CN(C)c1ccc(NC(=O)C2CCCN(C3=NS(=O)(=O)c4ccccc43)C2)cc1. The number of piperidine rings is 1. The van der Waals surface area contributed by atoms with Crippen LogP contribution in [0.25, 0.3) is 0 Å². The van der Waals surface area contributed by atoms with E-state index in [9.17, 15) is 13.2 Å². The van der Waals surface area contributed by atoms with Gasteiger partial charge in [-0.2, -0.15) is 8.42 Å². The quantitative estimate of drug-likeness (QED) is 0.838. The topological polar surface area (TPSA) is 82.1 Å². The minimum atomic E-state index is -3.66. The molecule has 1 fully saturated rings. The fourth-order valence-electron chi connectivity index (χ4n) is 3.79. The predicted molar refractivity (Wildman–Crippen MR) is 114 cm³/mol. The highest BCUT2D eigenvalue weighted by Gasteiger charge is 2.35. The molecular weight excluding hydrogens is 388 g/mol. The molecule has 2 heterocycles. The summed E-state index contributed by atoms with van der Waals surface area (Å²) in [6.45, 7) is 1.13. The summed E-state index contributed by atoms with van der Waals surface area (Å²) in [4.78, 5) is 17.0. The molecule has 29 heavy (non-hydrogen) atoms. The molecule has 7 nitrogen and oxygen atoms in total. The Morgan fingerprint density at radius 2 is 1.86 bits per heavy atom. The van der Waals surface area contributed by atoms with E-state index in [4.69, 9.17) is 0 Å². The van der Waals surface area contributed by atoms with Gasteiger partial charge in [0.2, 0.25) is 5.91 Å². The van der Waals surface area contributed by atoms with Crippen LogP contribution in [0, 0.1) is 5.92 Å². The normalized spacial score (nSPS) is 20.0. The molecule has 2 aliphatic rings. The van der Waals surface area contributed by atoms with E-state index in [1.54, 1.807) is 24.3 Å². The second kappa shape index (κ2) is 7.51. The number of likely N-dealkylation sites (tertiary alicyclic amines) is 1. The van der Waals surface area contributed by atoms with Crippen molar-refractivity contribution in [2.45, 2.75) is 17.7 Å². The van der Waals surface area contributed by atoms with Crippen molar-refractivity contribution in [1.82, 2.24) is 4.90 Å². The summed E-state index contributed by atoms with van der Waals surface area (Å²) in [5, 5.41) is 2.98. The summed E-state index contributed by atoms with van der Waals surface area (Å²) in [5.41, 5.74) is 2.43. The van der Waals surface area contributed by atoms with Crippen molar-refractivity contribution in [3.8, 4) is 0 Å². The van der Waals surface area contributed by atoms with E-state index in [1.807, 2.05) is 48.2 Å². The van der Waals surface area contributed by atoms with E-state index >= 15 is 0 Å². The Labute approximate surface area is 171 Å². The molecule has 0 radical (unpaired) electrons. The van der Waals surface area contributed by atoms with Crippen LogP contribution in [0.5, 0.6) is 0 Å². The van der Waals surface area contributed by atoms with Gasteiger partial charge in [-0.1, -0.05) is 12.1 Å². The van der Waals surface area contributed by atoms with Crippen molar-refractivity contribution in [2.75, 3.05) is 37.4 Å². The Balaban J connectivity index is 1.48. The molecule has 1 atom stereocenters. The fraction of sp³-hybridized carbons (Fsp3) is 0.333. The second-order valence-electron chi connectivity index (χ2n) is 7.60. The highest BCUT2D eigenvalue weighted by atomic mass is 32.2. The highest BCUT2D eigenvalue weighted by molar-refractivity contribution is 7.90. The largest absolute Gasteiger partial charge is 0.378 e. The van der Waals surface area contributed by atoms with Gasteiger partial charge < -0.3 is 15.1 Å². The lowest BCUT2D eigenvalue weighted by molar-refractivity contribution is -0.121. The third-order valence-corrected chi connectivity index (χ3v) is 6.68. The van der Waals surface area contributed by atoms with Crippen molar-refractivity contribution in [3.63, 3.8) is 0 Å². The number of rotatable bonds is 3. The first-order valence-corrected chi connectivity index (χ1v) is 11.1. The number of hydrogen-bond donors (Lipinski definition) is 1. The number of amidine groups is 1. The van der Waals surface area contributed by atoms with Gasteiger partial charge in [-0.25, -0.2) is 0 Å². The highest BCUT2D eigenvalue weighted by Crippen LogP contribution is 2.30. The first kappa shape index (κ1) is 19.4. The third kappa shape index (κ3) is 3.85. The molecule has 8 heteroatoms. The summed E-state index contributed by atoms with van der Waals surface area (Å²) in [6, 6.07) is 14.5. The summed E-state index contributed by atoms with van der Waals surface area (Å²) >= 11 is 0. The number of nitrogens with one attached hydrogen (secondary N) is 1. The van der Waals surface area contributed by atoms with Crippen LogP contribution < -0.4 is 10.2 Å². The number of nitrogens with zero attached hydrogens (tertiary/aromatic N) is 3. The first-order chi connectivity index (χ1) is 13.8. The van der Waals surface area contributed by atoms with E-state index in [0.29, 0.717) is 24.5 Å². The van der Waals surface area contributed by atoms with Crippen LogP contribution >= 0.6 is 0 Å². The van der Waals surface area contributed by atoms with Crippen LogP contribution in [0.2, 0.25) is 0 Å². The molecule has 4 rings (SSSR count). The van der Waals surface area contributed by atoms with Gasteiger partial charge in [-0.3, -0.25) is 4.79 Å². The Bertz CT molecular complexity index is 1060. The van der Waals surface area contributed by atoms with Crippen molar-refractivity contribution < 1.29 is 13.2 Å². The van der Waals surface area contributed by atoms with Gasteiger partial charge in [0.1, 0.15) is 4.90 Å². The molecule has 2 aromatic carbocycles. The zero-order chi connectivity index (χ0) is 20.6. The van der Waals surface area contributed by atoms with Gasteiger partial charge in [0.05, 0.1) is 5.92 Å². The maximum absolute atomic E-state index is 12.8. The number of carbonyl (C=O) groups excluding carboxylic acids is 1. The molecule has 0 bridgehead atoms. The lowest BCUT2D eigenvalue weighted by Gasteiger charge is -2.33. The first-order valence-electron chi connectivity index (χ1n) is 9.63. The van der Waals surface area contributed by atoms with Gasteiger partial charge in [-0.05, 0) is 49.2 Å². The predicted octanol–water partition coefficient (Wildman–Crippen LogP) is 2.55. The number of carbonyl (C=O) groups is 1. The van der Waals surface area contributed by atoms with E-state index in [0.717, 1.165) is 24.2 Å². The van der Waals surface area contributed by atoms with E-state index in [1.165, 1.54) is 0 Å². The molecule has 0 saturated carbocycles. The molecule has 0 spiro atoms. The monoisotopic (exact) mass is 412 g/mol. The molecule has 0 aliphatic carbocycles. The summed E-state index contributed by atoms with van der Waals surface area (Å²) in [6.07, 6.45) is 1.57. The second-order valence-corrected chi connectivity index (χ2v) is 9.17. The Morgan fingerprint density at radius 3 is 2.59 bits per heavy atom. The zero-order valence-corrected chi connectivity index (χ0v) is 17.3. The minimum absolute atomic E-state index is 0.0537. The van der Waals surface area contributed by atoms with Crippen LogP contribution in [-0.2, 0) is 14.8 Å². The van der Waals surface area contributed by atoms with Gasteiger partial charge >= 0.3 is 0 Å². The Hall–Kier alpha value is -2.87. The molecule has 2 aliphatic heterocycles.